The molecule has 0 spiro atoms. The number of pyridine rings is 2. The van der Waals surface area contributed by atoms with E-state index < -0.39 is 0 Å². The van der Waals surface area contributed by atoms with Crippen LogP contribution in [-0.2, 0) is 0 Å². The van der Waals surface area contributed by atoms with E-state index in [0.29, 0.717) is 11.3 Å². The third-order valence-electron chi connectivity index (χ3n) is 5.73. The minimum atomic E-state index is -0.215. The zero-order chi connectivity index (χ0) is 22.2. The molecule has 0 aliphatic carbocycles. The highest BCUT2D eigenvalue weighted by Gasteiger charge is 2.18. The minimum Gasteiger partial charge on any atom is -0.360 e. The van der Waals surface area contributed by atoms with Crippen molar-refractivity contribution in [3.05, 3.63) is 100 Å². The normalized spacial score (nSPS) is 12.2. The van der Waals surface area contributed by atoms with Crippen LogP contribution in [0.2, 0.25) is 0 Å². The van der Waals surface area contributed by atoms with Crippen molar-refractivity contribution in [3.8, 4) is 5.69 Å². The van der Waals surface area contributed by atoms with Gasteiger partial charge in [-0.15, -0.1) is 0 Å². The maximum absolute atomic E-state index is 13.7. The summed E-state index contributed by atoms with van der Waals surface area (Å²) >= 11 is 0. The average molecular weight is 422 g/mol. The summed E-state index contributed by atoms with van der Waals surface area (Å²) in [6.07, 6.45) is 3.25. The predicted molar refractivity (Wildman–Crippen MR) is 128 cm³/mol. The molecule has 0 fully saturated rings. The lowest BCUT2D eigenvalue weighted by molar-refractivity contribution is 0.773. The summed E-state index contributed by atoms with van der Waals surface area (Å²) in [6.45, 7) is 6.03. The molecule has 6 nitrogen and oxygen atoms in total. The van der Waals surface area contributed by atoms with E-state index in [9.17, 15) is 4.79 Å². The molecule has 5 aromatic rings. The molecule has 0 saturated heterocycles. The first-order chi connectivity index (χ1) is 15.5. The molecular weight excluding hydrogens is 398 g/mol. The lowest BCUT2D eigenvalue weighted by Crippen LogP contribution is -2.26. The summed E-state index contributed by atoms with van der Waals surface area (Å²) in [5.74, 6) is 0.635. The van der Waals surface area contributed by atoms with Gasteiger partial charge in [-0.3, -0.25) is 14.3 Å². The van der Waals surface area contributed by atoms with E-state index in [1.807, 2.05) is 75.4 Å². The Hall–Kier alpha value is -4.06. The quantitative estimate of drug-likeness (QED) is 0.436. The van der Waals surface area contributed by atoms with Crippen LogP contribution in [0.1, 0.15) is 29.8 Å². The van der Waals surface area contributed by atoms with Crippen LogP contribution in [0, 0.1) is 13.8 Å². The molecule has 0 amide bonds. The molecular formula is C26H23N5O. The average Bonchev–Trinajstić information content (AvgIpc) is 2.79. The molecule has 5 rings (SSSR count). The highest BCUT2D eigenvalue weighted by molar-refractivity contribution is 5.86. The molecule has 0 unspecified atom stereocenters. The van der Waals surface area contributed by atoms with Gasteiger partial charge in [-0.1, -0.05) is 30.3 Å². The monoisotopic (exact) mass is 421 g/mol. The van der Waals surface area contributed by atoms with Crippen molar-refractivity contribution in [2.24, 2.45) is 0 Å². The first-order valence-electron chi connectivity index (χ1n) is 10.6. The molecule has 6 heteroatoms. The number of aromatic nitrogens is 4. The second-order valence-corrected chi connectivity index (χ2v) is 8.05. The van der Waals surface area contributed by atoms with Gasteiger partial charge in [0.1, 0.15) is 11.8 Å². The summed E-state index contributed by atoms with van der Waals surface area (Å²) in [5, 5.41) is 5.12. The Morgan fingerprint density at radius 2 is 1.78 bits per heavy atom. The van der Waals surface area contributed by atoms with Crippen molar-refractivity contribution in [2.45, 2.75) is 26.8 Å². The molecule has 3 aromatic heterocycles. The van der Waals surface area contributed by atoms with Gasteiger partial charge in [0, 0.05) is 17.6 Å². The molecule has 1 N–H and O–H groups in total. The second kappa shape index (κ2) is 7.89. The number of hydrogen-bond donors (Lipinski definition) is 1. The van der Waals surface area contributed by atoms with Crippen LogP contribution in [0.4, 0.5) is 5.82 Å². The van der Waals surface area contributed by atoms with Crippen molar-refractivity contribution in [2.75, 3.05) is 5.32 Å². The lowest BCUT2D eigenvalue weighted by atomic mass is 10.0. The SMILES string of the molecule is Cc1cccc(-n2c([C@H](C)Nc3ncnc4cccnc34)cc3cccc(C)c3c2=O)c1. The smallest absolute Gasteiger partial charge is 0.263 e. The van der Waals surface area contributed by atoms with E-state index in [0.717, 1.165) is 38.8 Å². The Kier molecular flexibility index (Phi) is 4.90. The van der Waals surface area contributed by atoms with E-state index >= 15 is 0 Å². The van der Waals surface area contributed by atoms with E-state index in [2.05, 4.69) is 26.3 Å². The zero-order valence-corrected chi connectivity index (χ0v) is 18.2. The second-order valence-electron chi connectivity index (χ2n) is 8.05. The van der Waals surface area contributed by atoms with Crippen molar-refractivity contribution < 1.29 is 0 Å². The van der Waals surface area contributed by atoms with Gasteiger partial charge < -0.3 is 5.32 Å². The Morgan fingerprint density at radius 1 is 0.938 bits per heavy atom. The number of aryl methyl sites for hydroxylation is 2. The Balaban J connectivity index is 1.72. The fourth-order valence-electron chi connectivity index (χ4n) is 4.19. The standard InChI is InChI=1S/C26H23N5O/c1-16-7-4-10-20(13-16)31-22(14-19-9-5-8-17(2)23(19)26(31)32)18(3)30-25-24-21(28-15-29-25)11-6-12-27-24/h4-15,18H,1-3H3,(H,28,29,30)/t18-/m0/s1. The highest BCUT2D eigenvalue weighted by Crippen LogP contribution is 2.27. The van der Waals surface area contributed by atoms with E-state index in [4.69, 9.17) is 0 Å². The molecule has 0 radical (unpaired) electrons. The maximum atomic E-state index is 13.7. The third-order valence-corrected chi connectivity index (χ3v) is 5.73. The van der Waals surface area contributed by atoms with Crippen LogP contribution in [-0.4, -0.2) is 19.5 Å². The van der Waals surface area contributed by atoms with Crippen LogP contribution in [0.25, 0.3) is 27.5 Å². The van der Waals surface area contributed by atoms with Crippen LogP contribution in [0.3, 0.4) is 0 Å². The molecule has 32 heavy (non-hydrogen) atoms. The number of fused-ring (bicyclic) bond motifs is 2. The highest BCUT2D eigenvalue weighted by atomic mass is 16.1. The topological polar surface area (TPSA) is 72.7 Å². The van der Waals surface area contributed by atoms with Gasteiger partial charge in [-0.2, -0.15) is 0 Å². The zero-order valence-electron chi connectivity index (χ0n) is 18.2. The first kappa shape index (κ1) is 19.9. The summed E-state index contributed by atoms with van der Waals surface area (Å²) in [6, 6.07) is 19.6. The molecule has 0 aliphatic rings. The first-order valence-corrected chi connectivity index (χ1v) is 10.6. The fourth-order valence-corrected chi connectivity index (χ4v) is 4.19. The van der Waals surface area contributed by atoms with Crippen molar-refractivity contribution in [1.82, 2.24) is 19.5 Å². The number of anilines is 1. The molecule has 0 saturated carbocycles. The van der Waals surface area contributed by atoms with Crippen LogP contribution in [0.15, 0.2) is 78.0 Å². The Morgan fingerprint density at radius 3 is 2.62 bits per heavy atom. The van der Waals surface area contributed by atoms with Crippen molar-refractivity contribution in [3.63, 3.8) is 0 Å². The summed E-state index contributed by atoms with van der Waals surface area (Å²) in [5.41, 5.74) is 5.19. The third kappa shape index (κ3) is 3.39. The van der Waals surface area contributed by atoms with Gasteiger partial charge in [0.2, 0.25) is 0 Å². The molecule has 3 heterocycles. The number of hydrogen-bond acceptors (Lipinski definition) is 5. The Labute approximate surface area is 185 Å². The van der Waals surface area contributed by atoms with E-state index in [-0.39, 0.29) is 11.6 Å². The van der Waals surface area contributed by atoms with Crippen LogP contribution in [0.5, 0.6) is 0 Å². The molecule has 2 aromatic carbocycles. The van der Waals surface area contributed by atoms with Crippen molar-refractivity contribution >= 4 is 27.6 Å². The number of benzene rings is 2. The molecule has 0 bridgehead atoms. The van der Waals surface area contributed by atoms with Crippen LogP contribution >= 0.6 is 0 Å². The maximum Gasteiger partial charge on any atom is 0.263 e. The predicted octanol–water partition coefficient (Wildman–Crippen LogP) is 5.12. The van der Waals surface area contributed by atoms with Crippen molar-refractivity contribution in [1.29, 1.82) is 0 Å². The summed E-state index contributed by atoms with van der Waals surface area (Å²) in [7, 11) is 0. The van der Waals surface area contributed by atoms with Gasteiger partial charge in [-0.25, -0.2) is 9.97 Å². The largest absolute Gasteiger partial charge is 0.360 e. The van der Waals surface area contributed by atoms with E-state index in [1.165, 1.54) is 6.33 Å². The minimum absolute atomic E-state index is 0.0273. The van der Waals surface area contributed by atoms with Gasteiger partial charge >= 0.3 is 0 Å². The molecule has 0 aliphatic heterocycles. The molecule has 1 atom stereocenters. The number of nitrogens with zero attached hydrogens (tertiary/aromatic N) is 4. The lowest BCUT2D eigenvalue weighted by Gasteiger charge is -2.22. The number of nitrogens with one attached hydrogen (secondary N) is 1. The summed E-state index contributed by atoms with van der Waals surface area (Å²) in [4.78, 5) is 26.9. The van der Waals surface area contributed by atoms with Gasteiger partial charge in [0.05, 0.1) is 16.9 Å². The van der Waals surface area contributed by atoms with E-state index in [1.54, 1.807) is 10.8 Å². The van der Waals surface area contributed by atoms with Crippen LogP contribution < -0.4 is 10.9 Å². The van der Waals surface area contributed by atoms with Gasteiger partial charge in [-0.05, 0) is 67.6 Å². The van der Waals surface area contributed by atoms with Gasteiger partial charge in [0.15, 0.2) is 5.82 Å². The summed E-state index contributed by atoms with van der Waals surface area (Å²) < 4.78 is 1.80. The van der Waals surface area contributed by atoms with Gasteiger partial charge in [0.25, 0.3) is 5.56 Å². The number of rotatable bonds is 4. The molecule has 158 valence electrons. The fraction of sp³-hybridized carbons (Fsp3) is 0.154. The Bertz CT molecular complexity index is 1520.